The molecule has 2 aromatic carbocycles. The van der Waals surface area contributed by atoms with E-state index < -0.39 is 36.2 Å². The van der Waals surface area contributed by atoms with Crippen LogP contribution in [0.15, 0.2) is 48.5 Å². The van der Waals surface area contributed by atoms with Crippen LogP contribution in [0, 0.1) is 5.41 Å². The Bertz CT molecular complexity index is 1140. The molecule has 1 saturated heterocycles. The number of halogens is 3. The van der Waals surface area contributed by atoms with Gasteiger partial charge in [0.25, 0.3) is 5.91 Å². The van der Waals surface area contributed by atoms with Crippen LogP contribution in [0.25, 0.3) is 0 Å². The molecule has 0 radical (unpaired) electrons. The summed E-state index contributed by atoms with van der Waals surface area (Å²) in [6.07, 6.45) is -5.33. The molecule has 0 saturated carbocycles. The second-order valence-electron chi connectivity index (χ2n) is 9.27. The Balaban J connectivity index is 1.49. The number of carbonyl (C=O) groups is 2. The highest BCUT2D eigenvalue weighted by Gasteiger charge is 2.46. The molecule has 2 amide bonds. The van der Waals surface area contributed by atoms with Crippen LogP contribution in [0.1, 0.15) is 67.1 Å². The number of nitrogens with one attached hydrogen (secondary N) is 3. The van der Waals surface area contributed by atoms with Crippen LogP contribution in [0.2, 0.25) is 0 Å². The average molecular weight is 503 g/mol. The van der Waals surface area contributed by atoms with Crippen molar-refractivity contribution >= 4 is 17.8 Å². The molecule has 1 fully saturated rings. The minimum absolute atomic E-state index is 0.0156. The standard InChI is InChI=1S/C26H29F3N4O3/c1-3-25(4-2)14-22(34)33(24(30)32-25)15-16-8-7-9-17(12-16)23(35)31-19-13-21(26(27,28)29)36-20-11-6-5-10-18(19)20/h5-12,19,21H,3-4,13-15H2,1-2H3,(H2,30,32)(H,31,35)/t19-,21+/m1/s1. The monoisotopic (exact) mass is 502 g/mol. The van der Waals surface area contributed by atoms with E-state index in [1.54, 1.807) is 42.5 Å². The van der Waals surface area contributed by atoms with E-state index in [2.05, 4.69) is 10.6 Å². The maximum Gasteiger partial charge on any atom is 0.425 e. The molecule has 2 aromatic rings. The summed E-state index contributed by atoms with van der Waals surface area (Å²) in [5.41, 5.74) is 0.932. The molecule has 2 aliphatic rings. The molecule has 7 nitrogen and oxygen atoms in total. The van der Waals surface area contributed by atoms with Crippen LogP contribution in [-0.2, 0) is 11.3 Å². The number of hydrogen-bond acceptors (Lipinski definition) is 4. The van der Waals surface area contributed by atoms with Gasteiger partial charge in [0, 0.05) is 23.1 Å². The Morgan fingerprint density at radius 1 is 1.19 bits per heavy atom. The molecule has 0 aliphatic carbocycles. The summed E-state index contributed by atoms with van der Waals surface area (Å²) in [6, 6.07) is 12.0. The number of fused-ring (bicyclic) bond motifs is 1. The normalized spacial score (nSPS) is 21.3. The Hall–Kier alpha value is -3.56. The Morgan fingerprint density at radius 2 is 1.92 bits per heavy atom. The zero-order chi connectivity index (χ0) is 26.1. The number of alkyl halides is 3. The fourth-order valence-corrected chi connectivity index (χ4v) is 4.71. The number of benzene rings is 2. The number of amides is 2. The summed E-state index contributed by atoms with van der Waals surface area (Å²) in [4.78, 5) is 27.2. The van der Waals surface area contributed by atoms with E-state index >= 15 is 0 Å². The number of ether oxygens (including phenoxy) is 1. The molecule has 0 spiro atoms. The predicted molar refractivity (Wildman–Crippen MR) is 128 cm³/mol. The number of guanidine groups is 1. The topological polar surface area (TPSA) is 94.5 Å². The second-order valence-corrected chi connectivity index (χ2v) is 9.27. The van der Waals surface area contributed by atoms with Crippen molar-refractivity contribution < 1.29 is 27.5 Å². The lowest BCUT2D eigenvalue weighted by Gasteiger charge is -2.42. The molecule has 3 N–H and O–H groups in total. The lowest BCUT2D eigenvalue weighted by molar-refractivity contribution is -0.201. The maximum atomic E-state index is 13.4. The summed E-state index contributed by atoms with van der Waals surface area (Å²) in [5, 5.41) is 14.2. The fraction of sp³-hybridized carbons (Fsp3) is 0.423. The summed E-state index contributed by atoms with van der Waals surface area (Å²) < 4.78 is 45.4. The van der Waals surface area contributed by atoms with E-state index in [0.717, 1.165) is 0 Å². The number of hydrogen-bond donors (Lipinski definition) is 3. The first-order valence-corrected chi connectivity index (χ1v) is 11.9. The molecule has 2 heterocycles. The lowest BCUT2D eigenvalue weighted by Crippen LogP contribution is -2.61. The molecule has 2 aliphatic heterocycles. The SMILES string of the molecule is CCC1(CC)CC(=O)N(Cc2cccc(C(=O)N[C@@H]3C[C@@H](C(F)(F)F)Oc4ccccc43)c2)C(=N)N1. The van der Waals surface area contributed by atoms with Crippen LogP contribution < -0.4 is 15.4 Å². The quantitative estimate of drug-likeness (QED) is 0.534. The Morgan fingerprint density at radius 3 is 2.58 bits per heavy atom. The van der Waals surface area contributed by atoms with Crippen LogP contribution in [0.4, 0.5) is 13.2 Å². The third kappa shape index (κ3) is 5.17. The van der Waals surface area contributed by atoms with Gasteiger partial charge in [-0.2, -0.15) is 13.2 Å². The smallest absolute Gasteiger partial charge is 0.425 e. The van der Waals surface area contributed by atoms with Crippen molar-refractivity contribution in [1.29, 1.82) is 5.41 Å². The second kappa shape index (κ2) is 9.83. The first kappa shape index (κ1) is 25.5. The minimum atomic E-state index is -4.57. The first-order valence-electron chi connectivity index (χ1n) is 11.9. The van der Waals surface area contributed by atoms with Crippen molar-refractivity contribution in [1.82, 2.24) is 15.5 Å². The van der Waals surface area contributed by atoms with Crippen molar-refractivity contribution in [2.24, 2.45) is 0 Å². The highest BCUT2D eigenvalue weighted by atomic mass is 19.4. The summed E-state index contributed by atoms with van der Waals surface area (Å²) in [6.45, 7) is 4.05. The van der Waals surface area contributed by atoms with Crippen LogP contribution >= 0.6 is 0 Å². The highest BCUT2D eigenvalue weighted by Crippen LogP contribution is 2.40. The molecular weight excluding hydrogens is 473 g/mol. The minimum Gasteiger partial charge on any atom is -0.480 e. The molecule has 4 rings (SSSR count). The third-order valence-corrected chi connectivity index (χ3v) is 7.01. The van der Waals surface area contributed by atoms with Crippen molar-refractivity contribution in [2.45, 2.75) is 69.9 Å². The van der Waals surface area contributed by atoms with Crippen molar-refractivity contribution in [3.8, 4) is 5.75 Å². The van der Waals surface area contributed by atoms with Gasteiger partial charge in [-0.25, -0.2) is 0 Å². The molecule has 0 aromatic heterocycles. The first-order chi connectivity index (χ1) is 17.0. The van der Waals surface area contributed by atoms with Gasteiger partial charge in [-0.3, -0.25) is 19.9 Å². The third-order valence-electron chi connectivity index (χ3n) is 7.01. The van der Waals surface area contributed by atoms with Gasteiger partial charge in [0.15, 0.2) is 12.1 Å². The van der Waals surface area contributed by atoms with Crippen LogP contribution in [0.5, 0.6) is 5.75 Å². The summed E-state index contributed by atoms with van der Waals surface area (Å²) in [7, 11) is 0. The van der Waals surface area contributed by atoms with Gasteiger partial charge in [0.1, 0.15) is 5.75 Å². The average Bonchev–Trinajstić information content (AvgIpc) is 2.85. The number of carbonyl (C=O) groups excluding carboxylic acids is 2. The van der Waals surface area contributed by atoms with Gasteiger partial charge in [0.2, 0.25) is 5.91 Å². The highest BCUT2D eigenvalue weighted by molar-refractivity contribution is 5.99. The zero-order valence-electron chi connectivity index (χ0n) is 20.1. The molecular formula is C26H29F3N4O3. The largest absolute Gasteiger partial charge is 0.480 e. The predicted octanol–water partition coefficient (Wildman–Crippen LogP) is 4.69. The molecule has 0 unspecified atom stereocenters. The van der Waals surface area contributed by atoms with Gasteiger partial charge in [-0.05, 0) is 36.6 Å². The van der Waals surface area contributed by atoms with E-state index in [9.17, 15) is 22.8 Å². The number of para-hydroxylation sites is 1. The van der Waals surface area contributed by atoms with E-state index in [1.165, 1.54) is 11.0 Å². The Labute approximate surface area is 207 Å². The molecule has 0 bridgehead atoms. The molecule has 192 valence electrons. The molecule has 36 heavy (non-hydrogen) atoms. The van der Waals surface area contributed by atoms with Gasteiger partial charge in [-0.15, -0.1) is 0 Å². The van der Waals surface area contributed by atoms with Crippen molar-refractivity contribution in [2.75, 3.05) is 0 Å². The van der Waals surface area contributed by atoms with Crippen LogP contribution in [0.3, 0.4) is 0 Å². The van der Waals surface area contributed by atoms with Crippen molar-refractivity contribution in [3.63, 3.8) is 0 Å². The van der Waals surface area contributed by atoms with E-state index in [0.29, 0.717) is 24.0 Å². The maximum absolute atomic E-state index is 13.4. The summed E-state index contributed by atoms with van der Waals surface area (Å²) in [5.74, 6) is -0.597. The molecule has 2 atom stereocenters. The Kier molecular flexibility index (Phi) is 6.97. The van der Waals surface area contributed by atoms with E-state index in [-0.39, 0.29) is 36.1 Å². The van der Waals surface area contributed by atoms with Gasteiger partial charge < -0.3 is 15.4 Å². The van der Waals surface area contributed by atoms with Gasteiger partial charge in [0.05, 0.1) is 19.0 Å². The van der Waals surface area contributed by atoms with Crippen LogP contribution in [-0.4, -0.2) is 40.5 Å². The molecule has 10 heteroatoms. The van der Waals surface area contributed by atoms with Gasteiger partial charge in [-0.1, -0.05) is 44.2 Å². The lowest BCUT2D eigenvalue weighted by atomic mass is 9.87. The fourth-order valence-electron chi connectivity index (χ4n) is 4.71. The number of rotatable bonds is 6. The van der Waals surface area contributed by atoms with E-state index in [1.807, 2.05) is 13.8 Å². The number of nitrogens with zero attached hydrogens (tertiary/aromatic N) is 1. The summed E-state index contributed by atoms with van der Waals surface area (Å²) >= 11 is 0. The van der Waals surface area contributed by atoms with Crippen molar-refractivity contribution in [3.05, 3.63) is 65.2 Å². The van der Waals surface area contributed by atoms with Gasteiger partial charge >= 0.3 is 6.18 Å². The zero-order valence-corrected chi connectivity index (χ0v) is 20.1. The van der Waals surface area contributed by atoms with E-state index in [4.69, 9.17) is 10.1 Å².